The second kappa shape index (κ2) is 5.46. The lowest BCUT2D eigenvalue weighted by molar-refractivity contribution is 0.127. The topological polar surface area (TPSA) is 21.3 Å². The van der Waals surface area contributed by atoms with Gasteiger partial charge in [0.05, 0.1) is 6.61 Å². The van der Waals surface area contributed by atoms with Gasteiger partial charge in [0.1, 0.15) is 0 Å². The van der Waals surface area contributed by atoms with E-state index in [1.807, 2.05) is 0 Å². The minimum Gasteiger partial charge on any atom is -0.383 e. The Bertz CT molecular complexity index is 345. The van der Waals surface area contributed by atoms with Crippen LogP contribution in [-0.4, -0.2) is 19.3 Å². The molecule has 0 aliphatic carbocycles. The molecule has 0 aliphatic heterocycles. The van der Waals surface area contributed by atoms with Crippen LogP contribution in [0.15, 0.2) is 18.2 Å². The van der Waals surface area contributed by atoms with Crippen molar-refractivity contribution < 1.29 is 4.74 Å². The summed E-state index contributed by atoms with van der Waals surface area (Å²) in [6, 6.07) is 6.57. The number of rotatable bonds is 5. The summed E-state index contributed by atoms with van der Waals surface area (Å²) in [5, 5.41) is 3.52. The van der Waals surface area contributed by atoms with Crippen molar-refractivity contribution in [2.45, 2.75) is 39.8 Å². The number of nitrogens with one attached hydrogen (secondary N) is 1. The number of ether oxygens (including phenoxy) is 1. The Balaban J connectivity index is 2.63. The zero-order valence-corrected chi connectivity index (χ0v) is 11.1. The van der Waals surface area contributed by atoms with Crippen molar-refractivity contribution in [1.29, 1.82) is 0 Å². The first-order valence-corrected chi connectivity index (χ1v) is 5.75. The van der Waals surface area contributed by atoms with Crippen LogP contribution in [0.25, 0.3) is 0 Å². The Morgan fingerprint density at radius 3 is 2.56 bits per heavy atom. The van der Waals surface area contributed by atoms with Gasteiger partial charge in [0.15, 0.2) is 0 Å². The lowest BCUT2D eigenvalue weighted by Gasteiger charge is -2.26. The first-order chi connectivity index (χ1) is 7.44. The van der Waals surface area contributed by atoms with Crippen LogP contribution in [-0.2, 0) is 11.3 Å². The van der Waals surface area contributed by atoms with Crippen LogP contribution in [0.1, 0.15) is 30.5 Å². The maximum atomic E-state index is 5.19. The van der Waals surface area contributed by atoms with Crippen molar-refractivity contribution in [3.63, 3.8) is 0 Å². The highest BCUT2D eigenvalue weighted by molar-refractivity contribution is 5.30. The Labute approximate surface area is 99.0 Å². The molecule has 1 aromatic rings. The van der Waals surface area contributed by atoms with Gasteiger partial charge in [-0.15, -0.1) is 0 Å². The third-order valence-corrected chi connectivity index (χ3v) is 2.77. The molecule has 0 fully saturated rings. The Morgan fingerprint density at radius 2 is 1.94 bits per heavy atom. The lowest BCUT2D eigenvalue weighted by Crippen LogP contribution is -2.42. The molecule has 0 saturated heterocycles. The monoisotopic (exact) mass is 221 g/mol. The molecule has 1 aromatic carbocycles. The van der Waals surface area contributed by atoms with Crippen molar-refractivity contribution in [1.82, 2.24) is 5.32 Å². The van der Waals surface area contributed by atoms with E-state index in [9.17, 15) is 0 Å². The summed E-state index contributed by atoms with van der Waals surface area (Å²) in [7, 11) is 1.74. The molecule has 0 aromatic heterocycles. The second-order valence-corrected chi connectivity index (χ2v) is 5.10. The molecular formula is C14H23NO. The molecule has 2 nitrogen and oxygen atoms in total. The summed E-state index contributed by atoms with van der Waals surface area (Å²) in [6.07, 6.45) is 0. The van der Waals surface area contributed by atoms with Gasteiger partial charge in [-0.2, -0.15) is 0 Å². The standard InChI is InChI=1S/C14H23NO/c1-11-6-7-12(2)13(8-11)9-15-14(3,4)10-16-5/h6-8,15H,9-10H2,1-5H3. The first-order valence-electron chi connectivity index (χ1n) is 5.75. The summed E-state index contributed by atoms with van der Waals surface area (Å²) < 4.78 is 5.19. The van der Waals surface area contributed by atoms with Crippen LogP contribution >= 0.6 is 0 Å². The van der Waals surface area contributed by atoms with Crippen molar-refractivity contribution in [2.75, 3.05) is 13.7 Å². The largest absolute Gasteiger partial charge is 0.383 e. The third kappa shape index (κ3) is 3.95. The molecule has 0 aliphatic rings. The van der Waals surface area contributed by atoms with Crippen LogP contribution in [0.2, 0.25) is 0 Å². The minimum atomic E-state index is 0.0188. The lowest BCUT2D eigenvalue weighted by atomic mass is 10.0. The maximum absolute atomic E-state index is 5.19. The van der Waals surface area contributed by atoms with E-state index in [0.717, 1.165) is 13.2 Å². The number of methoxy groups -OCH3 is 1. The predicted octanol–water partition coefficient (Wildman–Crippen LogP) is 2.82. The number of aryl methyl sites for hydroxylation is 2. The molecule has 0 spiro atoms. The van der Waals surface area contributed by atoms with Crippen LogP contribution in [0.5, 0.6) is 0 Å². The van der Waals surface area contributed by atoms with Crippen molar-refractivity contribution in [2.24, 2.45) is 0 Å². The van der Waals surface area contributed by atoms with Crippen LogP contribution < -0.4 is 5.32 Å². The summed E-state index contributed by atoms with van der Waals surface area (Å²) in [5.41, 5.74) is 4.03. The van der Waals surface area contributed by atoms with E-state index in [0.29, 0.717) is 0 Å². The van der Waals surface area contributed by atoms with Crippen LogP contribution in [0.4, 0.5) is 0 Å². The van der Waals surface area contributed by atoms with E-state index in [1.54, 1.807) is 7.11 Å². The summed E-state index contributed by atoms with van der Waals surface area (Å²) in [5.74, 6) is 0. The highest BCUT2D eigenvalue weighted by atomic mass is 16.5. The highest BCUT2D eigenvalue weighted by Crippen LogP contribution is 2.12. The van der Waals surface area contributed by atoms with E-state index in [2.05, 4.69) is 51.2 Å². The van der Waals surface area contributed by atoms with Gasteiger partial charge in [-0.25, -0.2) is 0 Å². The van der Waals surface area contributed by atoms with E-state index in [-0.39, 0.29) is 5.54 Å². The molecule has 1 rings (SSSR count). The number of hydrogen-bond donors (Lipinski definition) is 1. The molecule has 2 heteroatoms. The quantitative estimate of drug-likeness (QED) is 0.825. The smallest absolute Gasteiger partial charge is 0.0639 e. The first kappa shape index (κ1) is 13.2. The van der Waals surface area contributed by atoms with Gasteiger partial charge in [-0.3, -0.25) is 0 Å². The molecule has 16 heavy (non-hydrogen) atoms. The Morgan fingerprint density at radius 1 is 1.25 bits per heavy atom. The van der Waals surface area contributed by atoms with Gasteiger partial charge in [0.25, 0.3) is 0 Å². The van der Waals surface area contributed by atoms with E-state index >= 15 is 0 Å². The van der Waals surface area contributed by atoms with Crippen LogP contribution in [0, 0.1) is 13.8 Å². The molecule has 0 unspecified atom stereocenters. The molecular weight excluding hydrogens is 198 g/mol. The fraction of sp³-hybridized carbons (Fsp3) is 0.571. The molecule has 0 atom stereocenters. The van der Waals surface area contributed by atoms with Gasteiger partial charge in [-0.1, -0.05) is 23.8 Å². The van der Waals surface area contributed by atoms with Gasteiger partial charge in [0, 0.05) is 19.2 Å². The Kier molecular flexibility index (Phi) is 4.51. The molecule has 1 N–H and O–H groups in total. The normalized spacial score (nSPS) is 11.8. The Hall–Kier alpha value is -0.860. The van der Waals surface area contributed by atoms with E-state index in [4.69, 9.17) is 4.74 Å². The predicted molar refractivity (Wildman–Crippen MR) is 68.7 cm³/mol. The fourth-order valence-corrected chi connectivity index (χ4v) is 1.74. The average molecular weight is 221 g/mol. The highest BCUT2D eigenvalue weighted by Gasteiger charge is 2.16. The van der Waals surface area contributed by atoms with E-state index < -0.39 is 0 Å². The molecule has 0 bridgehead atoms. The SMILES string of the molecule is COCC(C)(C)NCc1cc(C)ccc1C. The molecule has 90 valence electrons. The molecule has 0 amide bonds. The molecule has 0 heterocycles. The summed E-state index contributed by atoms with van der Waals surface area (Å²) >= 11 is 0. The maximum Gasteiger partial charge on any atom is 0.0639 e. The van der Waals surface area contributed by atoms with E-state index in [1.165, 1.54) is 16.7 Å². The zero-order valence-electron chi connectivity index (χ0n) is 11.1. The molecule has 0 saturated carbocycles. The van der Waals surface area contributed by atoms with Gasteiger partial charge >= 0.3 is 0 Å². The van der Waals surface area contributed by atoms with Gasteiger partial charge in [0.2, 0.25) is 0 Å². The second-order valence-electron chi connectivity index (χ2n) is 5.10. The van der Waals surface area contributed by atoms with Crippen LogP contribution in [0.3, 0.4) is 0 Å². The van der Waals surface area contributed by atoms with Crippen molar-refractivity contribution in [3.8, 4) is 0 Å². The van der Waals surface area contributed by atoms with Crippen molar-refractivity contribution >= 4 is 0 Å². The molecule has 0 radical (unpaired) electrons. The van der Waals surface area contributed by atoms with Gasteiger partial charge < -0.3 is 10.1 Å². The minimum absolute atomic E-state index is 0.0188. The number of hydrogen-bond acceptors (Lipinski definition) is 2. The zero-order chi connectivity index (χ0) is 12.2. The number of benzene rings is 1. The average Bonchev–Trinajstić information content (AvgIpc) is 2.19. The summed E-state index contributed by atoms with van der Waals surface area (Å²) in [4.78, 5) is 0. The van der Waals surface area contributed by atoms with Gasteiger partial charge in [-0.05, 0) is 38.8 Å². The fourth-order valence-electron chi connectivity index (χ4n) is 1.74. The van der Waals surface area contributed by atoms with Crippen molar-refractivity contribution in [3.05, 3.63) is 34.9 Å². The third-order valence-electron chi connectivity index (χ3n) is 2.77. The summed E-state index contributed by atoms with van der Waals surface area (Å²) in [6.45, 7) is 10.2.